The second kappa shape index (κ2) is 6.90. The van der Waals surface area contributed by atoms with Crippen LogP contribution < -0.4 is 16.0 Å². The van der Waals surface area contributed by atoms with Crippen molar-refractivity contribution in [3.05, 3.63) is 68.5 Å². The molecule has 0 amide bonds. The van der Waals surface area contributed by atoms with E-state index in [0.717, 1.165) is 26.8 Å². The maximum absolute atomic E-state index is 12.8. The van der Waals surface area contributed by atoms with Crippen LogP contribution in [0.4, 0.5) is 13.2 Å². The Morgan fingerprint density at radius 1 is 1.07 bits per heavy atom. The van der Waals surface area contributed by atoms with Gasteiger partial charge in [-0.25, -0.2) is 9.78 Å². The zero-order valence-corrected chi connectivity index (χ0v) is 14.6. The maximum atomic E-state index is 12.8. The van der Waals surface area contributed by atoms with Crippen molar-refractivity contribution in [3.8, 4) is 5.75 Å². The molecule has 0 fully saturated rings. The van der Waals surface area contributed by atoms with E-state index in [1.54, 1.807) is 12.1 Å². The monoisotopic (exact) mass is 379 g/mol. The first-order valence-corrected chi connectivity index (χ1v) is 8.06. The van der Waals surface area contributed by atoms with Gasteiger partial charge in [0.25, 0.3) is 5.56 Å². The smallest absolute Gasteiger partial charge is 0.433 e. The van der Waals surface area contributed by atoms with Gasteiger partial charge in [-0.15, -0.1) is 0 Å². The lowest BCUT2D eigenvalue weighted by atomic mass is 10.2. The van der Waals surface area contributed by atoms with Crippen molar-refractivity contribution in [2.24, 2.45) is 7.05 Å². The summed E-state index contributed by atoms with van der Waals surface area (Å²) in [7, 11) is 1.27. The molecule has 6 nitrogen and oxygen atoms in total. The molecule has 3 aromatic rings. The molecule has 0 unspecified atom stereocenters. The van der Waals surface area contributed by atoms with E-state index in [1.165, 1.54) is 7.05 Å². The Kier molecular flexibility index (Phi) is 4.77. The predicted octanol–water partition coefficient (Wildman–Crippen LogP) is 2.50. The van der Waals surface area contributed by atoms with E-state index in [9.17, 15) is 22.8 Å². The van der Waals surface area contributed by atoms with Gasteiger partial charge in [0, 0.05) is 7.05 Å². The fraction of sp³-hybridized carbons (Fsp3) is 0.278. The van der Waals surface area contributed by atoms with E-state index < -0.39 is 23.1 Å². The molecule has 0 spiro atoms. The summed E-state index contributed by atoms with van der Waals surface area (Å²) in [6, 6.07) is 9.00. The third-order valence-corrected chi connectivity index (χ3v) is 4.08. The minimum atomic E-state index is -4.67. The number of fused-ring (bicyclic) bond motifs is 1. The minimum absolute atomic E-state index is 0.0453. The van der Waals surface area contributed by atoms with Gasteiger partial charge in [0.1, 0.15) is 23.7 Å². The summed E-state index contributed by atoms with van der Waals surface area (Å²) < 4.78 is 45.9. The molecule has 142 valence electrons. The summed E-state index contributed by atoms with van der Waals surface area (Å²) in [6.45, 7) is 1.94. The Bertz CT molecular complexity index is 1100. The number of aromatic nitrogens is 3. The molecule has 3 rings (SSSR count). The highest BCUT2D eigenvalue weighted by atomic mass is 19.4. The highest BCUT2D eigenvalue weighted by Gasteiger charge is 2.33. The van der Waals surface area contributed by atoms with Crippen LogP contribution in [0.3, 0.4) is 0 Å². The summed E-state index contributed by atoms with van der Waals surface area (Å²) in [5, 5.41) is -0.0690. The van der Waals surface area contributed by atoms with Gasteiger partial charge in [-0.2, -0.15) is 13.2 Å². The van der Waals surface area contributed by atoms with E-state index in [4.69, 9.17) is 4.74 Å². The Morgan fingerprint density at radius 3 is 2.37 bits per heavy atom. The topological polar surface area (TPSA) is 66.1 Å². The number of hydrogen-bond acceptors (Lipinski definition) is 4. The molecule has 9 heteroatoms. The van der Waals surface area contributed by atoms with E-state index in [2.05, 4.69) is 4.98 Å². The predicted molar refractivity (Wildman–Crippen MR) is 92.9 cm³/mol. The van der Waals surface area contributed by atoms with Crippen LogP contribution in [-0.4, -0.2) is 20.7 Å². The van der Waals surface area contributed by atoms with Crippen molar-refractivity contribution in [2.75, 3.05) is 6.61 Å². The first-order valence-electron chi connectivity index (χ1n) is 8.06. The standard InChI is InChI=1S/C18H16F3N3O3/c1-11-3-5-12(6-4-11)27-10-9-24-16(25)13-7-8-14(18(19,20)21)22-15(13)23(2)17(24)26/h3-8H,9-10H2,1-2H3. The quantitative estimate of drug-likeness (QED) is 0.699. The average molecular weight is 379 g/mol. The molecule has 2 heterocycles. The Hall–Kier alpha value is -3.10. The lowest BCUT2D eigenvalue weighted by molar-refractivity contribution is -0.141. The number of rotatable bonds is 4. The van der Waals surface area contributed by atoms with Crippen molar-refractivity contribution >= 4 is 11.0 Å². The van der Waals surface area contributed by atoms with Gasteiger partial charge in [-0.1, -0.05) is 17.7 Å². The van der Waals surface area contributed by atoms with Crippen LogP contribution in [0, 0.1) is 6.92 Å². The molecule has 0 aliphatic rings. The third kappa shape index (κ3) is 3.71. The zero-order chi connectivity index (χ0) is 19.8. The third-order valence-electron chi connectivity index (χ3n) is 4.08. The summed E-state index contributed by atoms with van der Waals surface area (Å²) in [4.78, 5) is 28.4. The van der Waals surface area contributed by atoms with Crippen molar-refractivity contribution in [3.63, 3.8) is 0 Å². The molecule has 0 saturated heterocycles. The average Bonchev–Trinajstić information content (AvgIpc) is 2.63. The molecule has 0 radical (unpaired) electrons. The van der Waals surface area contributed by atoms with Crippen molar-refractivity contribution in [1.82, 2.24) is 14.1 Å². The van der Waals surface area contributed by atoms with Crippen molar-refractivity contribution in [1.29, 1.82) is 0 Å². The van der Waals surface area contributed by atoms with Crippen LogP contribution >= 0.6 is 0 Å². The minimum Gasteiger partial charge on any atom is -0.492 e. The molecule has 0 saturated carbocycles. The van der Waals surface area contributed by atoms with E-state index in [1.807, 2.05) is 19.1 Å². The zero-order valence-electron chi connectivity index (χ0n) is 14.6. The van der Waals surface area contributed by atoms with Gasteiger partial charge < -0.3 is 4.74 Å². The van der Waals surface area contributed by atoms with Gasteiger partial charge in [0.15, 0.2) is 0 Å². The lowest BCUT2D eigenvalue weighted by Gasteiger charge is -2.12. The summed E-state index contributed by atoms with van der Waals surface area (Å²) in [5.41, 5.74) is -1.87. The number of alkyl halides is 3. The number of ether oxygens (including phenoxy) is 1. The Labute approximate surface area is 151 Å². The number of pyridine rings is 1. The summed E-state index contributed by atoms with van der Waals surface area (Å²) in [6.07, 6.45) is -4.67. The fourth-order valence-corrected chi connectivity index (χ4v) is 2.62. The van der Waals surface area contributed by atoms with E-state index in [0.29, 0.717) is 5.75 Å². The lowest BCUT2D eigenvalue weighted by Crippen LogP contribution is -2.40. The number of hydrogen-bond donors (Lipinski definition) is 0. The first-order chi connectivity index (χ1) is 12.7. The van der Waals surface area contributed by atoms with Crippen LogP contribution in [0.15, 0.2) is 46.0 Å². The van der Waals surface area contributed by atoms with Gasteiger partial charge in [-0.05, 0) is 31.2 Å². The molecule has 0 aliphatic carbocycles. The molecule has 0 N–H and O–H groups in total. The molecule has 0 aliphatic heterocycles. The fourth-order valence-electron chi connectivity index (χ4n) is 2.62. The highest BCUT2D eigenvalue weighted by molar-refractivity contribution is 5.74. The molecule has 27 heavy (non-hydrogen) atoms. The molecule has 0 atom stereocenters. The molecule has 1 aromatic carbocycles. The van der Waals surface area contributed by atoms with Gasteiger partial charge in [0.05, 0.1) is 11.9 Å². The van der Waals surface area contributed by atoms with Crippen molar-refractivity contribution in [2.45, 2.75) is 19.6 Å². The number of nitrogens with zero attached hydrogens (tertiary/aromatic N) is 3. The largest absolute Gasteiger partial charge is 0.492 e. The van der Waals surface area contributed by atoms with Crippen molar-refractivity contribution < 1.29 is 17.9 Å². The first kappa shape index (κ1) is 18.7. The van der Waals surface area contributed by atoms with Crippen LogP contribution in [0.2, 0.25) is 0 Å². The normalized spacial score (nSPS) is 11.7. The second-order valence-electron chi connectivity index (χ2n) is 6.03. The molecule has 2 aromatic heterocycles. The highest BCUT2D eigenvalue weighted by Crippen LogP contribution is 2.28. The van der Waals surface area contributed by atoms with Gasteiger partial charge in [-0.3, -0.25) is 13.9 Å². The summed E-state index contributed by atoms with van der Waals surface area (Å²) in [5.74, 6) is 0.586. The van der Waals surface area contributed by atoms with Gasteiger partial charge in [0.2, 0.25) is 0 Å². The van der Waals surface area contributed by atoms with Crippen LogP contribution in [0.25, 0.3) is 11.0 Å². The van der Waals surface area contributed by atoms with Gasteiger partial charge >= 0.3 is 11.9 Å². The number of halogens is 3. The molecular formula is C18H16F3N3O3. The molecule has 0 bridgehead atoms. The van der Waals surface area contributed by atoms with Crippen LogP contribution in [-0.2, 0) is 19.8 Å². The Balaban J connectivity index is 1.93. The number of aryl methyl sites for hydroxylation is 2. The maximum Gasteiger partial charge on any atom is 0.433 e. The van der Waals surface area contributed by atoms with E-state index >= 15 is 0 Å². The number of benzene rings is 1. The second-order valence-corrected chi connectivity index (χ2v) is 6.03. The Morgan fingerprint density at radius 2 is 1.74 bits per heavy atom. The molecular weight excluding hydrogens is 363 g/mol. The van der Waals surface area contributed by atoms with Crippen LogP contribution in [0.5, 0.6) is 5.75 Å². The van der Waals surface area contributed by atoms with Crippen LogP contribution in [0.1, 0.15) is 11.3 Å². The van der Waals surface area contributed by atoms with E-state index in [-0.39, 0.29) is 24.2 Å². The SMILES string of the molecule is Cc1ccc(OCCn2c(=O)c3ccc(C(F)(F)F)nc3n(C)c2=O)cc1. The summed E-state index contributed by atoms with van der Waals surface area (Å²) >= 11 is 0.